The predicted octanol–water partition coefficient (Wildman–Crippen LogP) is 3.94. The molecular weight excluding hydrogens is 372 g/mol. The van der Waals surface area contributed by atoms with Crippen molar-refractivity contribution in [1.29, 1.82) is 0 Å². The lowest BCUT2D eigenvalue weighted by atomic mass is 10.2. The number of ether oxygens (including phenoxy) is 1. The van der Waals surface area contributed by atoms with Crippen molar-refractivity contribution in [3.8, 4) is 0 Å². The van der Waals surface area contributed by atoms with Crippen LogP contribution in [0.1, 0.15) is 43.1 Å². The van der Waals surface area contributed by atoms with Gasteiger partial charge in [-0.25, -0.2) is 0 Å². The minimum atomic E-state index is -0.538. The molecule has 148 valence electrons. The molecule has 0 aliphatic carbocycles. The average molecular weight is 399 g/mol. The van der Waals surface area contributed by atoms with E-state index in [-0.39, 0.29) is 23.4 Å². The molecule has 2 rings (SSSR count). The van der Waals surface area contributed by atoms with Crippen LogP contribution in [0.2, 0.25) is 0 Å². The molecule has 0 unspecified atom stereocenters. The third kappa shape index (κ3) is 7.48. The topological polar surface area (TPSA) is 58.6 Å². The third-order valence-corrected chi connectivity index (χ3v) is 4.13. The van der Waals surface area contributed by atoms with E-state index in [4.69, 9.17) is 17.0 Å². The van der Waals surface area contributed by atoms with Crippen LogP contribution < -0.4 is 5.32 Å². The van der Waals surface area contributed by atoms with Gasteiger partial charge in [-0.15, -0.1) is 0 Å². The molecule has 2 aromatic carbocycles. The molecule has 5 nitrogen and oxygen atoms in total. The molecule has 0 spiro atoms. The maximum Gasteiger partial charge on any atom is 0.308 e. The van der Waals surface area contributed by atoms with Gasteiger partial charge >= 0.3 is 5.97 Å². The number of amides is 1. The van der Waals surface area contributed by atoms with Crippen molar-refractivity contribution in [2.24, 2.45) is 0 Å². The summed E-state index contributed by atoms with van der Waals surface area (Å²) in [6.45, 7) is 6.32. The highest BCUT2D eigenvalue weighted by atomic mass is 32.1. The first-order chi connectivity index (χ1) is 13.2. The number of carbonyl (C=O) groups excluding carboxylic acids is 2. The molecule has 1 N–H and O–H groups in total. The maximum absolute atomic E-state index is 12.4. The van der Waals surface area contributed by atoms with E-state index in [1.807, 2.05) is 57.2 Å². The summed E-state index contributed by atoms with van der Waals surface area (Å²) in [5.74, 6) is -0.580. The first kappa shape index (κ1) is 21.6. The molecule has 0 saturated carbocycles. The van der Waals surface area contributed by atoms with Crippen LogP contribution in [0.3, 0.4) is 0 Å². The lowest BCUT2D eigenvalue weighted by Gasteiger charge is -2.26. The first-order valence-electron chi connectivity index (χ1n) is 9.16. The van der Waals surface area contributed by atoms with Crippen molar-refractivity contribution in [3.05, 3.63) is 71.8 Å². The number of hydrogen-bond acceptors (Lipinski definition) is 4. The number of rotatable bonds is 6. The smallest absolute Gasteiger partial charge is 0.308 e. The highest BCUT2D eigenvalue weighted by Crippen LogP contribution is 2.11. The summed E-state index contributed by atoms with van der Waals surface area (Å²) in [7, 11) is 0. The van der Waals surface area contributed by atoms with Gasteiger partial charge < -0.3 is 9.64 Å². The molecule has 0 aromatic heterocycles. The van der Waals surface area contributed by atoms with Crippen molar-refractivity contribution in [1.82, 2.24) is 10.2 Å². The molecule has 1 amide bonds. The largest absolute Gasteiger partial charge is 0.460 e. The first-order valence-corrected chi connectivity index (χ1v) is 9.56. The second kappa shape index (κ2) is 9.99. The standard InChI is InChI=1S/C22H26N2O3S/c1-22(2,3)27-19(25)14-15-24(16-17-10-6-4-7-11-17)21(28)23-20(26)18-12-8-5-9-13-18/h4-13H,14-16H2,1-3H3,(H,23,26,28). The molecule has 0 heterocycles. The van der Waals surface area contributed by atoms with E-state index in [2.05, 4.69) is 5.32 Å². The Labute approximate surface area is 171 Å². The van der Waals surface area contributed by atoms with Gasteiger partial charge in [0, 0.05) is 18.7 Å². The van der Waals surface area contributed by atoms with Crippen LogP contribution in [0.5, 0.6) is 0 Å². The Kier molecular flexibility index (Phi) is 7.70. The van der Waals surface area contributed by atoms with Crippen LogP contribution in [0, 0.1) is 0 Å². The van der Waals surface area contributed by atoms with Crippen LogP contribution >= 0.6 is 12.2 Å². The summed E-state index contributed by atoms with van der Waals surface area (Å²) in [4.78, 5) is 26.3. The Morgan fingerprint density at radius 3 is 2.14 bits per heavy atom. The fourth-order valence-electron chi connectivity index (χ4n) is 2.51. The zero-order valence-electron chi connectivity index (χ0n) is 16.5. The minimum absolute atomic E-state index is 0.172. The highest BCUT2D eigenvalue weighted by Gasteiger charge is 2.19. The van der Waals surface area contributed by atoms with E-state index in [9.17, 15) is 9.59 Å². The fourth-order valence-corrected chi connectivity index (χ4v) is 2.76. The van der Waals surface area contributed by atoms with Gasteiger partial charge in [0.1, 0.15) is 5.60 Å². The Balaban J connectivity index is 2.05. The number of carbonyl (C=O) groups is 2. The van der Waals surface area contributed by atoms with Crippen LogP contribution in [0.15, 0.2) is 60.7 Å². The summed E-state index contributed by atoms with van der Waals surface area (Å²) in [6, 6.07) is 18.6. The lowest BCUT2D eigenvalue weighted by Crippen LogP contribution is -2.43. The summed E-state index contributed by atoms with van der Waals surface area (Å²) in [5, 5.41) is 3.03. The van der Waals surface area contributed by atoms with Crippen molar-refractivity contribution in [3.63, 3.8) is 0 Å². The Morgan fingerprint density at radius 2 is 1.57 bits per heavy atom. The van der Waals surface area contributed by atoms with Gasteiger partial charge in [-0.3, -0.25) is 14.9 Å². The number of nitrogens with one attached hydrogen (secondary N) is 1. The van der Waals surface area contributed by atoms with E-state index in [1.165, 1.54) is 0 Å². The predicted molar refractivity (Wildman–Crippen MR) is 114 cm³/mol. The van der Waals surface area contributed by atoms with Gasteiger partial charge in [0.05, 0.1) is 6.42 Å². The Bertz CT molecular complexity index is 802. The summed E-state index contributed by atoms with van der Waals surface area (Å²) in [6.07, 6.45) is 0.172. The minimum Gasteiger partial charge on any atom is -0.460 e. The molecule has 6 heteroatoms. The van der Waals surface area contributed by atoms with Crippen LogP contribution in [0.25, 0.3) is 0 Å². The molecule has 0 atom stereocenters. The van der Waals surface area contributed by atoms with Crippen molar-refractivity contribution < 1.29 is 14.3 Å². The number of benzene rings is 2. The van der Waals surface area contributed by atoms with Crippen molar-refractivity contribution in [2.45, 2.75) is 39.3 Å². The van der Waals surface area contributed by atoms with E-state index in [1.54, 1.807) is 29.2 Å². The highest BCUT2D eigenvalue weighted by molar-refractivity contribution is 7.80. The van der Waals surface area contributed by atoms with E-state index in [0.717, 1.165) is 5.56 Å². The number of esters is 1. The third-order valence-electron chi connectivity index (χ3n) is 3.77. The average Bonchev–Trinajstić information content (AvgIpc) is 2.65. The monoisotopic (exact) mass is 398 g/mol. The van der Waals surface area contributed by atoms with Crippen molar-refractivity contribution in [2.75, 3.05) is 6.54 Å². The molecule has 0 radical (unpaired) electrons. The van der Waals surface area contributed by atoms with Gasteiger partial charge in [0.25, 0.3) is 5.91 Å². The number of nitrogens with zero attached hydrogens (tertiary/aromatic N) is 1. The van der Waals surface area contributed by atoms with E-state index < -0.39 is 5.60 Å². The molecular formula is C22H26N2O3S. The van der Waals surface area contributed by atoms with Crippen LogP contribution in [0.4, 0.5) is 0 Å². The second-order valence-corrected chi connectivity index (χ2v) is 7.76. The number of hydrogen-bond donors (Lipinski definition) is 1. The van der Waals surface area contributed by atoms with Gasteiger partial charge in [-0.2, -0.15) is 0 Å². The quantitative estimate of drug-likeness (QED) is 0.590. The lowest BCUT2D eigenvalue weighted by molar-refractivity contribution is -0.155. The van der Waals surface area contributed by atoms with E-state index >= 15 is 0 Å². The van der Waals surface area contributed by atoms with Gasteiger partial charge in [0.15, 0.2) is 5.11 Å². The summed E-state index contributed by atoms with van der Waals surface area (Å²) < 4.78 is 5.37. The van der Waals surface area contributed by atoms with Gasteiger partial charge in [0.2, 0.25) is 0 Å². The molecule has 2 aromatic rings. The zero-order chi connectivity index (χ0) is 20.6. The normalized spacial score (nSPS) is 10.8. The molecule has 0 aliphatic rings. The summed E-state index contributed by atoms with van der Waals surface area (Å²) in [5.41, 5.74) is 1.02. The van der Waals surface area contributed by atoms with Crippen LogP contribution in [-0.2, 0) is 16.1 Å². The van der Waals surface area contributed by atoms with Crippen molar-refractivity contribution >= 4 is 29.2 Å². The second-order valence-electron chi connectivity index (χ2n) is 7.37. The Morgan fingerprint density at radius 1 is 1.00 bits per heavy atom. The molecule has 0 aliphatic heterocycles. The molecule has 28 heavy (non-hydrogen) atoms. The molecule has 0 bridgehead atoms. The van der Waals surface area contributed by atoms with Crippen LogP contribution in [-0.4, -0.2) is 34.0 Å². The Hall–Kier alpha value is -2.73. The molecule has 0 saturated heterocycles. The van der Waals surface area contributed by atoms with E-state index in [0.29, 0.717) is 18.7 Å². The SMILES string of the molecule is CC(C)(C)OC(=O)CCN(Cc1ccccc1)C(=S)NC(=O)c1ccccc1. The zero-order valence-corrected chi connectivity index (χ0v) is 17.3. The van der Waals surface area contributed by atoms with Gasteiger partial charge in [-0.05, 0) is 50.7 Å². The van der Waals surface area contributed by atoms with Gasteiger partial charge in [-0.1, -0.05) is 48.5 Å². The fraction of sp³-hybridized carbons (Fsp3) is 0.318. The number of thiocarbonyl (C=S) groups is 1. The molecule has 0 fully saturated rings. The maximum atomic E-state index is 12.4. The summed E-state index contributed by atoms with van der Waals surface area (Å²) >= 11 is 5.45.